The molecule has 3 N–H and O–H groups in total. The Labute approximate surface area is 164 Å². The van der Waals surface area contributed by atoms with Crippen molar-refractivity contribution in [2.24, 2.45) is 0 Å². The van der Waals surface area contributed by atoms with E-state index in [-0.39, 0.29) is 5.91 Å². The van der Waals surface area contributed by atoms with Gasteiger partial charge in [0.25, 0.3) is 0 Å². The number of benzene rings is 2. The van der Waals surface area contributed by atoms with Crippen LogP contribution in [0, 0.1) is 0 Å². The van der Waals surface area contributed by atoms with E-state index in [4.69, 9.17) is 0 Å². The molecule has 0 fully saturated rings. The quantitative estimate of drug-likeness (QED) is 0.594. The smallest absolute Gasteiger partial charge is 0.315 e. The monoisotopic (exact) mass is 374 g/mol. The predicted molar refractivity (Wildman–Crippen MR) is 109 cm³/mol. The first-order valence-electron chi connectivity index (χ1n) is 9.04. The Balaban J connectivity index is 1.64. The van der Waals surface area contributed by atoms with Gasteiger partial charge in [0.05, 0.1) is 0 Å². The Hall–Kier alpha value is -3.67. The number of pyridine rings is 1. The zero-order chi connectivity index (χ0) is 19.6. The molecule has 0 unspecified atom stereocenters. The predicted octanol–water partition coefficient (Wildman–Crippen LogP) is 3.13. The van der Waals surface area contributed by atoms with Crippen molar-refractivity contribution in [1.29, 1.82) is 0 Å². The molecule has 0 aliphatic heterocycles. The Morgan fingerprint density at radius 1 is 0.821 bits per heavy atom. The van der Waals surface area contributed by atoms with Crippen LogP contribution in [0.5, 0.6) is 0 Å². The van der Waals surface area contributed by atoms with Gasteiger partial charge < -0.3 is 16.0 Å². The third-order valence-corrected chi connectivity index (χ3v) is 4.15. The first-order valence-corrected chi connectivity index (χ1v) is 9.04. The van der Waals surface area contributed by atoms with Gasteiger partial charge in [0.15, 0.2) is 0 Å². The summed E-state index contributed by atoms with van der Waals surface area (Å²) in [5.41, 5.74) is 2.57. The Kier molecular flexibility index (Phi) is 6.73. The second kappa shape index (κ2) is 9.87. The fourth-order valence-corrected chi connectivity index (χ4v) is 2.71. The number of rotatable bonds is 7. The number of hydrogen-bond acceptors (Lipinski definition) is 3. The number of nitrogens with zero attached hydrogens (tertiary/aromatic N) is 1. The zero-order valence-corrected chi connectivity index (χ0v) is 15.3. The second-order valence-corrected chi connectivity index (χ2v) is 6.28. The summed E-state index contributed by atoms with van der Waals surface area (Å²) in [5, 5.41) is 8.39. The van der Waals surface area contributed by atoms with E-state index in [0.717, 1.165) is 11.1 Å². The maximum Gasteiger partial charge on any atom is 0.315 e. The van der Waals surface area contributed by atoms with E-state index in [9.17, 15) is 9.59 Å². The number of urea groups is 1. The minimum Gasteiger partial charge on any atom is -0.334 e. The van der Waals surface area contributed by atoms with E-state index >= 15 is 0 Å². The first kappa shape index (κ1) is 19.1. The zero-order valence-electron chi connectivity index (χ0n) is 15.3. The van der Waals surface area contributed by atoms with Crippen molar-refractivity contribution in [3.05, 3.63) is 96.3 Å². The van der Waals surface area contributed by atoms with Crippen LogP contribution < -0.4 is 16.0 Å². The van der Waals surface area contributed by atoms with Gasteiger partial charge in [-0.25, -0.2) is 4.79 Å². The highest BCUT2D eigenvalue weighted by molar-refractivity contribution is 5.97. The summed E-state index contributed by atoms with van der Waals surface area (Å²) in [6, 6.07) is 21.5. The van der Waals surface area contributed by atoms with Crippen molar-refractivity contribution in [1.82, 2.24) is 15.6 Å². The van der Waals surface area contributed by atoms with Gasteiger partial charge in [0.2, 0.25) is 5.91 Å². The van der Waals surface area contributed by atoms with Gasteiger partial charge in [-0.15, -0.1) is 0 Å². The van der Waals surface area contributed by atoms with Gasteiger partial charge in [-0.3, -0.25) is 9.78 Å². The second-order valence-electron chi connectivity index (χ2n) is 6.28. The molecule has 0 aliphatic carbocycles. The van der Waals surface area contributed by atoms with Crippen molar-refractivity contribution in [2.75, 3.05) is 5.32 Å². The molecule has 1 aromatic heterocycles. The van der Waals surface area contributed by atoms with Crippen LogP contribution >= 0.6 is 0 Å². The number of aromatic nitrogens is 1. The van der Waals surface area contributed by atoms with E-state index in [2.05, 4.69) is 20.9 Å². The van der Waals surface area contributed by atoms with Crippen molar-refractivity contribution >= 4 is 17.6 Å². The van der Waals surface area contributed by atoms with Crippen molar-refractivity contribution in [3.8, 4) is 0 Å². The van der Waals surface area contributed by atoms with Crippen molar-refractivity contribution in [2.45, 2.75) is 19.0 Å². The van der Waals surface area contributed by atoms with Crippen LogP contribution in [0.3, 0.4) is 0 Å². The summed E-state index contributed by atoms with van der Waals surface area (Å²) < 4.78 is 0. The topological polar surface area (TPSA) is 83.1 Å². The standard InChI is InChI=1S/C22H22N4O2/c27-21(25-19-11-13-23-14-12-19)20(15-17-7-3-1-4-8-17)26-22(28)24-16-18-9-5-2-6-10-18/h1-14,20H,15-16H2,(H,23,25,27)(H2,24,26,28)/t20-/m0/s1. The Morgan fingerprint density at radius 2 is 1.43 bits per heavy atom. The summed E-state index contributed by atoms with van der Waals surface area (Å²) in [5.74, 6) is -0.287. The largest absolute Gasteiger partial charge is 0.334 e. The molecule has 0 saturated carbocycles. The minimum atomic E-state index is -0.716. The maximum atomic E-state index is 12.8. The summed E-state index contributed by atoms with van der Waals surface area (Å²) in [6.07, 6.45) is 3.58. The van der Waals surface area contributed by atoms with Crippen molar-refractivity contribution in [3.63, 3.8) is 0 Å². The molecular formula is C22H22N4O2. The van der Waals surface area contributed by atoms with Crippen LogP contribution in [0.25, 0.3) is 0 Å². The molecule has 0 radical (unpaired) electrons. The summed E-state index contributed by atoms with van der Waals surface area (Å²) in [4.78, 5) is 29.1. The normalized spacial score (nSPS) is 11.3. The van der Waals surface area contributed by atoms with Gasteiger partial charge in [-0.1, -0.05) is 60.7 Å². The highest BCUT2D eigenvalue weighted by Crippen LogP contribution is 2.08. The van der Waals surface area contributed by atoms with Crippen molar-refractivity contribution < 1.29 is 9.59 Å². The van der Waals surface area contributed by atoms with Gasteiger partial charge in [0.1, 0.15) is 6.04 Å². The summed E-state index contributed by atoms with van der Waals surface area (Å²) in [7, 11) is 0. The molecule has 0 saturated heterocycles. The van der Waals surface area contributed by atoms with E-state index in [1.165, 1.54) is 0 Å². The lowest BCUT2D eigenvalue weighted by Gasteiger charge is -2.19. The maximum absolute atomic E-state index is 12.8. The molecule has 0 spiro atoms. The molecule has 6 nitrogen and oxygen atoms in total. The third kappa shape index (κ3) is 5.95. The minimum absolute atomic E-state index is 0.287. The molecule has 6 heteroatoms. The molecular weight excluding hydrogens is 352 g/mol. The average Bonchev–Trinajstić information content (AvgIpc) is 2.74. The molecule has 3 amide bonds. The number of anilines is 1. The molecule has 1 atom stereocenters. The van der Waals surface area contributed by atoms with Crippen LogP contribution in [0.2, 0.25) is 0 Å². The van der Waals surface area contributed by atoms with E-state index < -0.39 is 12.1 Å². The van der Waals surface area contributed by atoms with Gasteiger partial charge in [-0.2, -0.15) is 0 Å². The molecule has 1 heterocycles. The lowest BCUT2D eigenvalue weighted by molar-refractivity contribution is -0.117. The van der Waals surface area contributed by atoms with Crippen LogP contribution in [0.1, 0.15) is 11.1 Å². The molecule has 3 aromatic rings. The highest BCUT2D eigenvalue weighted by Gasteiger charge is 2.21. The van der Waals surface area contributed by atoms with Crippen LogP contribution in [-0.4, -0.2) is 23.0 Å². The molecule has 3 rings (SSSR count). The van der Waals surface area contributed by atoms with Crippen LogP contribution in [-0.2, 0) is 17.8 Å². The highest BCUT2D eigenvalue weighted by atomic mass is 16.2. The van der Waals surface area contributed by atoms with E-state index in [1.54, 1.807) is 24.5 Å². The molecule has 0 bridgehead atoms. The number of hydrogen-bond donors (Lipinski definition) is 3. The summed E-state index contributed by atoms with van der Waals surface area (Å²) >= 11 is 0. The van der Waals surface area contributed by atoms with Gasteiger partial charge in [0, 0.05) is 31.0 Å². The third-order valence-electron chi connectivity index (χ3n) is 4.15. The van der Waals surface area contributed by atoms with Crippen LogP contribution in [0.4, 0.5) is 10.5 Å². The molecule has 2 aromatic carbocycles. The average molecular weight is 374 g/mol. The number of amides is 3. The SMILES string of the molecule is O=C(NCc1ccccc1)N[C@@H](Cc1ccccc1)C(=O)Nc1ccncc1. The first-order chi connectivity index (χ1) is 13.7. The number of carbonyl (C=O) groups is 2. The lowest BCUT2D eigenvalue weighted by Crippen LogP contribution is -2.49. The van der Waals surface area contributed by atoms with Gasteiger partial charge in [-0.05, 0) is 23.3 Å². The summed E-state index contributed by atoms with van der Waals surface area (Å²) in [6.45, 7) is 0.386. The Morgan fingerprint density at radius 3 is 2.07 bits per heavy atom. The fourth-order valence-electron chi connectivity index (χ4n) is 2.71. The fraction of sp³-hybridized carbons (Fsp3) is 0.136. The lowest BCUT2D eigenvalue weighted by atomic mass is 10.1. The van der Waals surface area contributed by atoms with E-state index in [1.807, 2.05) is 60.7 Å². The van der Waals surface area contributed by atoms with Crippen LogP contribution in [0.15, 0.2) is 85.2 Å². The molecule has 0 aliphatic rings. The Bertz CT molecular complexity index is 886. The number of carbonyl (C=O) groups excluding carboxylic acids is 2. The molecule has 28 heavy (non-hydrogen) atoms. The number of nitrogens with one attached hydrogen (secondary N) is 3. The molecule has 142 valence electrons. The van der Waals surface area contributed by atoms with E-state index in [0.29, 0.717) is 18.7 Å². The van der Waals surface area contributed by atoms with Gasteiger partial charge >= 0.3 is 6.03 Å².